The zero-order valence-corrected chi connectivity index (χ0v) is 15.1. The van der Waals surface area contributed by atoms with Gasteiger partial charge in [0.1, 0.15) is 5.69 Å². The Labute approximate surface area is 152 Å². The number of hydrogen-bond acceptors (Lipinski definition) is 4. The molecule has 3 heterocycles. The van der Waals surface area contributed by atoms with E-state index in [1.807, 2.05) is 51.1 Å². The zero-order valence-electron chi connectivity index (χ0n) is 15.1. The van der Waals surface area contributed by atoms with E-state index in [0.29, 0.717) is 12.5 Å². The number of carbonyl (C=O) groups excluding carboxylic acids is 1. The Kier molecular flexibility index (Phi) is 3.95. The summed E-state index contributed by atoms with van der Waals surface area (Å²) in [5.74, 6) is 0.524. The second-order valence-corrected chi connectivity index (χ2v) is 6.60. The van der Waals surface area contributed by atoms with Crippen LogP contribution in [0.1, 0.15) is 27.3 Å². The summed E-state index contributed by atoms with van der Waals surface area (Å²) in [5.41, 5.74) is 6.70. The lowest BCUT2D eigenvalue weighted by molar-refractivity contribution is 0.0926. The number of benzene rings is 1. The molecule has 0 saturated heterocycles. The average molecular weight is 347 g/mol. The Morgan fingerprint density at radius 1 is 1.19 bits per heavy atom. The molecular formula is C20H21N5O. The van der Waals surface area contributed by atoms with Crippen molar-refractivity contribution in [1.82, 2.24) is 19.9 Å². The van der Waals surface area contributed by atoms with E-state index in [0.717, 1.165) is 40.4 Å². The first-order chi connectivity index (χ1) is 12.5. The molecule has 0 spiro atoms. The van der Waals surface area contributed by atoms with Gasteiger partial charge in [-0.05, 0) is 50.1 Å². The van der Waals surface area contributed by atoms with E-state index in [4.69, 9.17) is 4.98 Å². The number of rotatable bonds is 3. The summed E-state index contributed by atoms with van der Waals surface area (Å²) in [6, 6.07) is 9.97. The van der Waals surface area contributed by atoms with E-state index >= 15 is 0 Å². The molecule has 2 aromatic heterocycles. The van der Waals surface area contributed by atoms with Crippen molar-refractivity contribution < 1.29 is 4.79 Å². The van der Waals surface area contributed by atoms with Gasteiger partial charge >= 0.3 is 0 Å². The molecule has 0 unspecified atom stereocenters. The summed E-state index contributed by atoms with van der Waals surface area (Å²) in [6.45, 7) is 7.51. The topological polar surface area (TPSA) is 71.8 Å². The first-order valence-electron chi connectivity index (χ1n) is 8.69. The largest absolute Gasteiger partial charge is 0.349 e. The maximum absolute atomic E-state index is 12.3. The van der Waals surface area contributed by atoms with Gasteiger partial charge < -0.3 is 15.2 Å². The highest BCUT2D eigenvalue weighted by molar-refractivity contribution is 5.97. The number of carbonyl (C=O) groups is 1. The SMILES string of the molecule is Cc1cccc(Nc2nccc(-c3c(C)c4n(c3C)CCNC4=O)n2)c1. The van der Waals surface area contributed by atoms with Gasteiger partial charge in [-0.3, -0.25) is 4.79 Å². The van der Waals surface area contributed by atoms with Gasteiger partial charge in [0, 0.05) is 36.2 Å². The molecule has 0 fully saturated rings. The molecule has 1 amide bonds. The van der Waals surface area contributed by atoms with Crippen LogP contribution in [0.5, 0.6) is 0 Å². The molecule has 0 radical (unpaired) electrons. The van der Waals surface area contributed by atoms with Crippen LogP contribution in [-0.4, -0.2) is 27.0 Å². The van der Waals surface area contributed by atoms with Crippen LogP contribution in [0.3, 0.4) is 0 Å². The fraction of sp³-hybridized carbons (Fsp3) is 0.250. The number of anilines is 2. The quantitative estimate of drug-likeness (QED) is 0.762. The van der Waals surface area contributed by atoms with Crippen LogP contribution < -0.4 is 10.6 Å². The predicted octanol–water partition coefficient (Wildman–Crippen LogP) is 3.36. The van der Waals surface area contributed by atoms with Crippen LogP contribution in [0.4, 0.5) is 11.6 Å². The van der Waals surface area contributed by atoms with Gasteiger partial charge in [-0.25, -0.2) is 9.97 Å². The van der Waals surface area contributed by atoms with Crippen LogP contribution in [-0.2, 0) is 6.54 Å². The van der Waals surface area contributed by atoms with E-state index in [1.54, 1.807) is 6.20 Å². The van der Waals surface area contributed by atoms with Crippen LogP contribution >= 0.6 is 0 Å². The van der Waals surface area contributed by atoms with Crippen molar-refractivity contribution in [2.75, 3.05) is 11.9 Å². The fourth-order valence-electron chi connectivity index (χ4n) is 3.62. The minimum absolute atomic E-state index is 0.0183. The molecule has 0 atom stereocenters. The Balaban J connectivity index is 1.75. The zero-order chi connectivity index (χ0) is 18.3. The number of nitrogens with one attached hydrogen (secondary N) is 2. The molecule has 1 aliphatic rings. The summed E-state index contributed by atoms with van der Waals surface area (Å²) in [4.78, 5) is 21.3. The van der Waals surface area contributed by atoms with E-state index in [2.05, 4.69) is 20.2 Å². The molecule has 1 aromatic carbocycles. The normalized spacial score (nSPS) is 13.3. The number of nitrogens with zero attached hydrogens (tertiary/aromatic N) is 3. The Bertz CT molecular complexity index is 1010. The first-order valence-corrected chi connectivity index (χ1v) is 8.69. The number of aromatic nitrogens is 3. The Morgan fingerprint density at radius 2 is 2.04 bits per heavy atom. The average Bonchev–Trinajstić information content (AvgIpc) is 2.87. The number of fused-ring (bicyclic) bond motifs is 1. The van der Waals surface area contributed by atoms with Gasteiger partial charge in [-0.15, -0.1) is 0 Å². The Hall–Kier alpha value is -3.15. The standard InChI is InChI=1S/C20H21N5O/c1-12-5-4-6-15(11-12)23-20-22-8-7-16(24-20)17-13(2)18-19(26)21-9-10-25(18)14(17)3/h4-8,11H,9-10H2,1-3H3,(H,21,26)(H,22,23,24). The van der Waals surface area contributed by atoms with Crippen molar-refractivity contribution in [3.8, 4) is 11.3 Å². The van der Waals surface area contributed by atoms with E-state index in [1.165, 1.54) is 5.56 Å². The third-order valence-corrected chi connectivity index (χ3v) is 4.79. The maximum Gasteiger partial charge on any atom is 0.268 e. The summed E-state index contributed by atoms with van der Waals surface area (Å²) in [6.07, 6.45) is 1.75. The lowest BCUT2D eigenvalue weighted by atomic mass is 10.1. The van der Waals surface area contributed by atoms with Crippen LogP contribution in [0.15, 0.2) is 36.5 Å². The summed E-state index contributed by atoms with van der Waals surface area (Å²) >= 11 is 0. The molecule has 0 saturated carbocycles. The molecule has 3 aromatic rings. The maximum atomic E-state index is 12.3. The Morgan fingerprint density at radius 3 is 2.81 bits per heavy atom. The monoisotopic (exact) mass is 347 g/mol. The molecule has 0 bridgehead atoms. The van der Waals surface area contributed by atoms with E-state index in [9.17, 15) is 4.79 Å². The summed E-state index contributed by atoms with van der Waals surface area (Å²) < 4.78 is 2.08. The third-order valence-electron chi connectivity index (χ3n) is 4.79. The molecule has 6 nitrogen and oxygen atoms in total. The second-order valence-electron chi connectivity index (χ2n) is 6.60. The first kappa shape index (κ1) is 16.3. The molecule has 132 valence electrons. The molecule has 1 aliphatic heterocycles. The molecular weight excluding hydrogens is 326 g/mol. The highest BCUT2D eigenvalue weighted by atomic mass is 16.2. The number of amides is 1. The highest BCUT2D eigenvalue weighted by Crippen LogP contribution is 2.32. The molecule has 4 rings (SSSR count). The summed E-state index contributed by atoms with van der Waals surface area (Å²) in [5, 5.41) is 6.17. The van der Waals surface area contributed by atoms with Crippen molar-refractivity contribution in [3.05, 3.63) is 59.0 Å². The van der Waals surface area contributed by atoms with Gasteiger partial charge in [0.15, 0.2) is 0 Å². The van der Waals surface area contributed by atoms with E-state index in [-0.39, 0.29) is 5.91 Å². The predicted molar refractivity (Wildman–Crippen MR) is 102 cm³/mol. The molecule has 0 aliphatic carbocycles. The number of aryl methyl sites for hydroxylation is 1. The highest BCUT2D eigenvalue weighted by Gasteiger charge is 2.26. The second kappa shape index (κ2) is 6.29. The van der Waals surface area contributed by atoms with Crippen LogP contribution in [0.25, 0.3) is 11.3 Å². The lowest BCUT2D eigenvalue weighted by Crippen LogP contribution is -2.35. The van der Waals surface area contributed by atoms with Crippen molar-refractivity contribution >= 4 is 17.5 Å². The van der Waals surface area contributed by atoms with Crippen LogP contribution in [0, 0.1) is 20.8 Å². The van der Waals surface area contributed by atoms with Gasteiger partial charge in [0.2, 0.25) is 5.95 Å². The van der Waals surface area contributed by atoms with E-state index < -0.39 is 0 Å². The van der Waals surface area contributed by atoms with Gasteiger partial charge in [-0.2, -0.15) is 0 Å². The number of hydrogen-bond donors (Lipinski definition) is 2. The molecule has 6 heteroatoms. The van der Waals surface area contributed by atoms with Crippen molar-refractivity contribution in [1.29, 1.82) is 0 Å². The smallest absolute Gasteiger partial charge is 0.268 e. The summed E-state index contributed by atoms with van der Waals surface area (Å²) in [7, 11) is 0. The van der Waals surface area contributed by atoms with Crippen molar-refractivity contribution in [2.24, 2.45) is 0 Å². The van der Waals surface area contributed by atoms with Crippen molar-refractivity contribution in [2.45, 2.75) is 27.3 Å². The minimum Gasteiger partial charge on any atom is -0.349 e. The fourth-order valence-corrected chi connectivity index (χ4v) is 3.62. The van der Waals surface area contributed by atoms with Gasteiger partial charge in [-0.1, -0.05) is 12.1 Å². The van der Waals surface area contributed by atoms with Gasteiger partial charge in [0.05, 0.1) is 5.69 Å². The molecule has 26 heavy (non-hydrogen) atoms. The van der Waals surface area contributed by atoms with Gasteiger partial charge in [0.25, 0.3) is 5.91 Å². The minimum atomic E-state index is -0.0183. The van der Waals surface area contributed by atoms with Crippen LogP contribution in [0.2, 0.25) is 0 Å². The molecule has 2 N–H and O–H groups in total. The van der Waals surface area contributed by atoms with Crippen molar-refractivity contribution in [3.63, 3.8) is 0 Å². The lowest BCUT2D eigenvalue weighted by Gasteiger charge is -2.17. The third kappa shape index (κ3) is 2.73.